The minimum absolute atomic E-state index is 0.707. The van der Waals surface area contributed by atoms with Gasteiger partial charge < -0.3 is 4.90 Å². The Morgan fingerprint density at radius 2 is 2.06 bits per heavy atom. The van der Waals surface area contributed by atoms with Gasteiger partial charge >= 0.3 is 0 Å². The van der Waals surface area contributed by atoms with Crippen molar-refractivity contribution in [1.29, 1.82) is 0 Å². The van der Waals surface area contributed by atoms with E-state index in [-0.39, 0.29) is 0 Å². The van der Waals surface area contributed by atoms with Gasteiger partial charge in [0.05, 0.1) is 0 Å². The van der Waals surface area contributed by atoms with Gasteiger partial charge in [-0.05, 0) is 25.6 Å². The highest BCUT2D eigenvalue weighted by Gasteiger charge is 2.41. The summed E-state index contributed by atoms with van der Waals surface area (Å²) < 4.78 is 0. The number of hydrogen-bond donors (Lipinski definition) is 0. The molecule has 0 spiro atoms. The molecule has 1 aromatic rings. The summed E-state index contributed by atoms with van der Waals surface area (Å²) in [7, 11) is 2.21. The number of likely N-dealkylation sites (N-methyl/N-ethyl adjacent to an activating group) is 1. The zero-order valence-electron chi connectivity index (χ0n) is 9.47. The number of piperazine rings is 1. The van der Waals surface area contributed by atoms with Crippen LogP contribution in [0.15, 0.2) is 24.3 Å². The molecule has 3 heterocycles. The molecular formula is C13H16N2O. The maximum absolute atomic E-state index is 10.7. The van der Waals surface area contributed by atoms with Crippen LogP contribution < -0.4 is 4.90 Å². The molecule has 2 atom stereocenters. The lowest BCUT2D eigenvalue weighted by Gasteiger charge is -2.55. The van der Waals surface area contributed by atoms with Gasteiger partial charge in [-0.2, -0.15) is 0 Å². The maximum Gasteiger partial charge on any atom is 0.150 e. The summed E-state index contributed by atoms with van der Waals surface area (Å²) in [5.41, 5.74) is 1.96. The Labute approximate surface area is 95.7 Å². The molecule has 2 bridgehead atoms. The molecule has 84 valence electrons. The van der Waals surface area contributed by atoms with Crippen molar-refractivity contribution in [3.05, 3.63) is 29.8 Å². The zero-order valence-corrected chi connectivity index (χ0v) is 9.47. The van der Waals surface area contributed by atoms with Crippen molar-refractivity contribution < 1.29 is 4.79 Å². The number of carbonyl (C=O) groups excluding carboxylic acids is 1. The second kappa shape index (κ2) is 3.59. The lowest BCUT2D eigenvalue weighted by molar-refractivity contribution is 0.0264. The Kier molecular flexibility index (Phi) is 2.21. The fourth-order valence-electron chi connectivity index (χ4n) is 2.80. The minimum Gasteiger partial charge on any atom is -0.368 e. The van der Waals surface area contributed by atoms with Gasteiger partial charge in [-0.3, -0.25) is 9.69 Å². The van der Waals surface area contributed by atoms with Gasteiger partial charge in [0.15, 0.2) is 0 Å². The Morgan fingerprint density at radius 1 is 1.31 bits per heavy atom. The summed E-state index contributed by atoms with van der Waals surface area (Å²) >= 11 is 0. The van der Waals surface area contributed by atoms with Crippen molar-refractivity contribution in [3.63, 3.8) is 0 Å². The largest absolute Gasteiger partial charge is 0.368 e. The average molecular weight is 216 g/mol. The lowest BCUT2D eigenvalue weighted by atomic mass is 9.88. The molecule has 3 aliphatic rings. The van der Waals surface area contributed by atoms with Crippen LogP contribution in [0.5, 0.6) is 0 Å². The molecule has 0 saturated carbocycles. The van der Waals surface area contributed by atoms with Crippen molar-refractivity contribution in [3.8, 4) is 0 Å². The van der Waals surface area contributed by atoms with E-state index in [9.17, 15) is 4.79 Å². The molecular weight excluding hydrogens is 200 g/mol. The number of rotatable bonds is 2. The average Bonchev–Trinajstić information content (AvgIpc) is 2.38. The van der Waals surface area contributed by atoms with Gasteiger partial charge in [-0.15, -0.1) is 0 Å². The van der Waals surface area contributed by atoms with Gasteiger partial charge in [-0.1, -0.05) is 12.1 Å². The summed E-state index contributed by atoms with van der Waals surface area (Å²) in [5, 5.41) is 0. The number of nitrogens with zero attached hydrogens (tertiary/aromatic N) is 2. The number of carbonyl (C=O) groups is 1. The molecule has 0 N–H and O–H groups in total. The van der Waals surface area contributed by atoms with Crippen LogP contribution in [0, 0.1) is 0 Å². The first kappa shape index (κ1) is 9.85. The lowest BCUT2D eigenvalue weighted by Crippen LogP contribution is -2.67. The fraction of sp³-hybridized carbons (Fsp3) is 0.462. The zero-order chi connectivity index (χ0) is 11.1. The van der Waals surface area contributed by atoms with E-state index in [1.165, 1.54) is 12.1 Å². The first-order chi connectivity index (χ1) is 7.78. The molecule has 3 heteroatoms. The fourth-order valence-corrected chi connectivity index (χ4v) is 2.80. The third-order valence-electron chi connectivity index (χ3n) is 3.93. The highest BCUT2D eigenvalue weighted by molar-refractivity contribution is 5.77. The summed E-state index contributed by atoms with van der Waals surface area (Å²) in [6, 6.07) is 9.31. The van der Waals surface area contributed by atoms with Crippen LogP contribution in [0.25, 0.3) is 0 Å². The number of anilines is 1. The van der Waals surface area contributed by atoms with Crippen LogP contribution in [-0.4, -0.2) is 43.4 Å². The molecule has 16 heavy (non-hydrogen) atoms. The van der Waals surface area contributed by atoms with E-state index in [0.717, 1.165) is 24.9 Å². The molecule has 0 radical (unpaired) electrons. The molecule has 4 rings (SSSR count). The van der Waals surface area contributed by atoms with Crippen molar-refractivity contribution in [2.24, 2.45) is 0 Å². The van der Waals surface area contributed by atoms with Gasteiger partial charge in [0.25, 0.3) is 0 Å². The van der Waals surface area contributed by atoms with E-state index in [2.05, 4.69) is 22.9 Å². The molecule has 3 nitrogen and oxygen atoms in total. The van der Waals surface area contributed by atoms with E-state index in [1.807, 2.05) is 18.2 Å². The van der Waals surface area contributed by atoms with Gasteiger partial charge in [0.1, 0.15) is 6.29 Å². The van der Waals surface area contributed by atoms with E-state index < -0.39 is 0 Å². The third kappa shape index (κ3) is 1.43. The SMILES string of the molecule is CN1C2CC1CN(c1cccc(C=O)c1)C2. The molecule has 0 aromatic heterocycles. The van der Waals surface area contributed by atoms with Gasteiger partial charge in [0, 0.05) is 36.4 Å². The third-order valence-corrected chi connectivity index (χ3v) is 3.93. The molecule has 1 aromatic carbocycles. The number of fused-ring (bicyclic) bond motifs is 2. The number of piperidine rings is 1. The molecule has 0 aliphatic carbocycles. The summed E-state index contributed by atoms with van der Waals surface area (Å²) in [4.78, 5) is 15.6. The molecule has 3 fully saturated rings. The second-order valence-electron chi connectivity index (χ2n) is 4.83. The van der Waals surface area contributed by atoms with Crippen LogP contribution >= 0.6 is 0 Å². The molecule has 3 aliphatic heterocycles. The first-order valence-electron chi connectivity index (χ1n) is 5.80. The van der Waals surface area contributed by atoms with E-state index in [4.69, 9.17) is 0 Å². The number of hydrogen-bond acceptors (Lipinski definition) is 3. The minimum atomic E-state index is 0.707. The maximum atomic E-state index is 10.7. The quantitative estimate of drug-likeness (QED) is 0.698. The van der Waals surface area contributed by atoms with Crippen LogP contribution in [0.4, 0.5) is 5.69 Å². The Bertz CT molecular complexity index is 406. The van der Waals surface area contributed by atoms with E-state index in [1.54, 1.807) is 0 Å². The monoisotopic (exact) mass is 216 g/mol. The van der Waals surface area contributed by atoms with Crippen LogP contribution in [0.3, 0.4) is 0 Å². The van der Waals surface area contributed by atoms with E-state index >= 15 is 0 Å². The molecule has 0 amide bonds. The number of benzene rings is 1. The second-order valence-corrected chi connectivity index (χ2v) is 4.83. The molecule has 3 saturated heterocycles. The normalized spacial score (nSPS) is 28.7. The van der Waals surface area contributed by atoms with Crippen molar-refractivity contribution in [2.75, 3.05) is 25.0 Å². The van der Waals surface area contributed by atoms with Crippen molar-refractivity contribution >= 4 is 12.0 Å². The Morgan fingerprint density at radius 3 is 2.69 bits per heavy atom. The summed E-state index contributed by atoms with van der Waals surface area (Å²) in [5.74, 6) is 0. The molecule has 2 unspecified atom stereocenters. The predicted octanol–water partition coefficient (Wildman–Crippen LogP) is 1.39. The highest BCUT2D eigenvalue weighted by Crippen LogP contribution is 2.32. The summed E-state index contributed by atoms with van der Waals surface area (Å²) in [6.45, 7) is 2.19. The highest BCUT2D eigenvalue weighted by atomic mass is 16.1. The number of aldehydes is 1. The van der Waals surface area contributed by atoms with Crippen LogP contribution in [-0.2, 0) is 0 Å². The van der Waals surface area contributed by atoms with E-state index in [0.29, 0.717) is 12.1 Å². The van der Waals surface area contributed by atoms with Crippen molar-refractivity contribution in [2.45, 2.75) is 18.5 Å². The standard InChI is InChI=1S/C13H16N2O/c1-14-12-6-13(14)8-15(7-12)11-4-2-3-10(5-11)9-16/h2-5,9,12-13H,6-8H2,1H3. The Balaban J connectivity index is 1.80. The van der Waals surface area contributed by atoms with Crippen LogP contribution in [0.2, 0.25) is 0 Å². The van der Waals surface area contributed by atoms with Crippen LogP contribution in [0.1, 0.15) is 16.8 Å². The smallest absolute Gasteiger partial charge is 0.150 e. The Hall–Kier alpha value is -1.35. The van der Waals surface area contributed by atoms with Crippen molar-refractivity contribution in [1.82, 2.24) is 4.90 Å². The summed E-state index contributed by atoms with van der Waals surface area (Å²) in [6.07, 6.45) is 2.25. The predicted molar refractivity (Wildman–Crippen MR) is 64.0 cm³/mol. The first-order valence-corrected chi connectivity index (χ1v) is 5.80. The van der Waals surface area contributed by atoms with Gasteiger partial charge in [0.2, 0.25) is 0 Å². The topological polar surface area (TPSA) is 23.6 Å². The van der Waals surface area contributed by atoms with Gasteiger partial charge in [-0.25, -0.2) is 0 Å².